The molecule has 0 saturated carbocycles. The molecular weight excluding hydrogens is 271 g/mol. The summed E-state index contributed by atoms with van der Waals surface area (Å²) in [6.45, 7) is 7.99. The molecule has 18 heavy (non-hydrogen) atoms. The molecule has 1 aromatic rings. The van der Waals surface area contributed by atoms with E-state index in [9.17, 15) is 0 Å². The van der Waals surface area contributed by atoms with Gasteiger partial charge >= 0.3 is 0 Å². The summed E-state index contributed by atoms with van der Waals surface area (Å²) < 4.78 is 10.8. The van der Waals surface area contributed by atoms with E-state index in [-0.39, 0.29) is 5.41 Å². The first-order chi connectivity index (χ1) is 8.45. The first-order valence-corrected chi connectivity index (χ1v) is 6.93. The van der Waals surface area contributed by atoms with Gasteiger partial charge in [0.25, 0.3) is 0 Å². The molecule has 0 atom stereocenters. The number of halogens is 2. The molecule has 0 saturated heterocycles. The van der Waals surface area contributed by atoms with Gasteiger partial charge in [-0.05, 0) is 23.1 Å². The molecule has 0 spiro atoms. The molecule has 0 aromatic heterocycles. The van der Waals surface area contributed by atoms with Crippen LogP contribution in [0.5, 0.6) is 5.75 Å². The summed E-state index contributed by atoms with van der Waals surface area (Å²) in [5.74, 6) is 1.19. The van der Waals surface area contributed by atoms with Crippen LogP contribution < -0.4 is 4.74 Å². The number of alkyl halides is 1. The summed E-state index contributed by atoms with van der Waals surface area (Å²) in [5.41, 5.74) is 1.28. The Balaban J connectivity index is 2.53. The van der Waals surface area contributed by atoms with E-state index in [1.54, 1.807) is 0 Å². The van der Waals surface area contributed by atoms with E-state index in [1.807, 2.05) is 18.2 Å². The lowest BCUT2D eigenvalue weighted by molar-refractivity contribution is 0.111. The van der Waals surface area contributed by atoms with Gasteiger partial charge < -0.3 is 9.47 Å². The van der Waals surface area contributed by atoms with Crippen molar-refractivity contribution < 1.29 is 9.47 Å². The zero-order valence-electron chi connectivity index (χ0n) is 11.1. The van der Waals surface area contributed by atoms with Crippen LogP contribution in [0.15, 0.2) is 18.2 Å². The Kier molecular flexibility index (Phi) is 6.27. The predicted octanol–water partition coefficient (Wildman–Crippen LogP) is 4.27. The molecule has 0 radical (unpaired) electrons. The van der Waals surface area contributed by atoms with E-state index < -0.39 is 0 Å². The fourth-order valence-corrected chi connectivity index (χ4v) is 1.80. The molecule has 0 aliphatic carbocycles. The Morgan fingerprint density at radius 3 is 2.39 bits per heavy atom. The van der Waals surface area contributed by atoms with Crippen LogP contribution in [-0.4, -0.2) is 25.7 Å². The summed E-state index contributed by atoms with van der Waals surface area (Å²) in [5, 5.41) is 0.639. The van der Waals surface area contributed by atoms with Crippen molar-refractivity contribution in [2.75, 3.05) is 25.7 Å². The van der Waals surface area contributed by atoms with Crippen LogP contribution in [0.2, 0.25) is 5.02 Å². The van der Waals surface area contributed by atoms with Crippen molar-refractivity contribution in [1.29, 1.82) is 0 Å². The zero-order chi connectivity index (χ0) is 13.6. The van der Waals surface area contributed by atoms with Crippen molar-refractivity contribution in [2.24, 2.45) is 0 Å². The number of hydrogen-bond acceptors (Lipinski definition) is 2. The minimum Gasteiger partial charge on any atom is -0.490 e. The van der Waals surface area contributed by atoms with Crippen molar-refractivity contribution in [3.05, 3.63) is 28.8 Å². The molecule has 0 aliphatic heterocycles. The molecule has 0 N–H and O–H groups in total. The number of rotatable bonds is 6. The minimum absolute atomic E-state index is 0.0889. The maximum Gasteiger partial charge on any atom is 0.138 e. The maximum absolute atomic E-state index is 6.19. The Morgan fingerprint density at radius 1 is 1.11 bits per heavy atom. The second-order valence-corrected chi connectivity index (χ2v) is 5.83. The van der Waals surface area contributed by atoms with Crippen molar-refractivity contribution in [2.45, 2.75) is 26.2 Å². The van der Waals surface area contributed by atoms with Gasteiger partial charge in [-0.1, -0.05) is 38.4 Å². The van der Waals surface area contributed by atoms with Gasteiger partial charge in [-0.15, -0.1) is 11.6 Å². The van der Waals surface area contributed by atoms with Gasteiger partial charge in [0.2, 0.25) is 0 Å². The highest BCUT2D eigenvalue weighted by Crippen LogP contribution is 2.31. The van der Waals surface area contributed by atoms with Crippen LogP contribution in [0, 0.1) is 0 Å². The molecule has 0 fully saturated rings. The van der Waals surface area contributed by atoms with Gasteiger partial charge in [-0.3, -0.25) is 0 Å². The topological polar surface area (TPSA) is 18.5 Å². The predicted molar refractivity (Wildman–Crippen MR) is 77.2 cm³/mol. The summed E-state index contributed by atoms with van der Waals surface area (Å²) >= 11 is 11.7. The molecule has 0 aliphatic rings. The molecule has 0 amide bonds. The first-order valence-electron chi connectivity index (χ1n) is 6.01. The highest BCUT2D eigenvalue weighted by molar-refractivity contribution is 6.32. The minimum atomic E-state index is 0.0889. The lowest BCUT2D eigenvalue weighted by Gasteiger charge is -2.20. The molecule has 102 valence electrons. The van der Waals surface area contributed by atoms with Crippen LogP contribution in [0.1, 0.15) is 26.3 Å². The van der Waals surface area contributed by atoms with Gasteiger partial charge in [-0.2, -0.15) is 0 Å². The van der Waals surface area contributed by atoms with Crippen molar-refractivity contribution in [3.63, 3.8) is 0 Å². The second kappa shape index (κ2) is 7.22. The van der Waals surface area contributed by atoms with Gasteiger partial charge in [0, 0.05) is 5.88 Å². The van der Waals surface area contributed by atoms with Gasteiger partial charge in [0.15, 0.2) is 0 Å². The largest absolute Gasteiger partial charge is 0.490 e. The summed E-state index contributed by atoms with van der Waals surface area (Å²) in [4.78, 5) is 0. The van der Waals surface area contributed by atoms with Crippen LogP contribution in [0.3, 0.4) is 0 Å². The number of hydrogen-bond donors (Lipinski definition) is 0. The third kappa shape index (κ3) is 5.05. The van der Waals surface area contributed by atoms with E-state index in [4.69, 9.17) is 32.7 Å². The first kappa shape index (κ1) is 15.6. The summed E-state index contributed by atoms with van der Waals surface area (Å²) in [7, 11) is 0. The molecule has 0 heterocycles. The average molecular weight is 291 g/mol. The molecule has 1 rings (SSSR count). The highest BCUT2D eigenvalue weighted by Gasteiger charge is 2.15. The monoisotopic (exact) mass is 290 g/mol. The second-order valence-electron chi connectivity index (χ2n) is 5.05. The lowest BCUT2D eigenvalue weighted by Crippen LogP contribution is -2.11. The van der Waals surface area contributed by atoms with Crippen LogP contribution >= 0.6 is 23.2 Å². The van der Waals surface area contributed by atoms with E-state index in [0.29, 0.717) is 36.5 Å². The average Bonchev–Trinajstić information content (AvgIpc) is 2.29. The quantitative estimate of drug-likeness (QED) is 0.575. The normalized spacial score (nSPS) is 11.6. The number of benzene rings is 1. The smallest absolute Gasteiger partial charge is 0.138 e. The summed E-state index contributed by atoms with van der Waals surface area (Å²) in [6.07, 6.45) is 0. The SMILES string of the molecule is CC(C)(C)c1ccc(OCCOCCCl)c(Cl)c1. The lowest BCUT2D eigenvalue weighted by atomic mass is 9.87. The fraction of sp³-hybridized carbons (Fsp3) is 0.571. The standard InChI is InChI=1S/C14H20Cl2O2/c1-14(2,3)11-4-5-13(12(16)10-11)18-9-8-17-7-6-15/h4-5,10H,6-9H2,1-3H3. The third-order valence-corrected chi connectivity index (χ3v) is 2.95. The van der Waals surface area contributed by atoms with E-state index in [2.05, 4.69) is 20.8 Å². The van der Waals surface area contributed by atoms with Crippen molar-refractivity contribution in [1.82, 2.24) is 0 Å². The van der Waals surface area contributed by atoms with Crippen molar-refractivity contribution in [3.8, 4) is 5.75 Å². The Bertz CT molecular complexity index is 373. The third-order valence-electron chi connectivity index (χ3n) is 2.50. The Morgan fingerprint density at radius 2 is 1.83 bits per heavy atom. The zero-order valence-corrected chi connectivity index (χ0v) is 12.6. The van der Waals surface area contributed by atoms with Crippen LogP contribution in [0.25, 0.3) is 0 Å². The molecule has 0 bridgehead atoms. The van der Waals surface area contributed by atoms with E-state index in [1.165, 1.54) is 5.56 Å². The van der Waals surface area contributed by atoms with Crippen molar-refractivity contribution >= 4 is 23.2 Å². The van der Waals surface area contributed by atoms with Gasteiger partial charge in [0.05, 0.1) is 18.2 Å². The Hall–Kier alpha value is -0.440. The molecule has 2 nitrogen and oxygen atoms in total. The van der Waals surface area contributed by atoms with E-state index >= 15 is 0 Å². The Labute approximate surface area is 119 Å². The van der Waals surface area contributed by atoms with E-state index in [0.717, 1.165) is 0 Å². The number of ether oxygens (including phenoxy) is 2. The molecule has 4 heteroatoms. The maximum atomic E-state index is 6.19. The summed E-state index contributed by atoms with van der Waals surface area (Å²) in [6, 6.07) is 5.90. The molecule has 0 unspecified atom stereocenters. The van der Waals surface area contributed by atoms with Gasteiger partial charge in [-0.25, -0.2) is 0 Å². The molecular formula is C14H20Cl2O2. The fourth-order valence-electron chi connectivity index (χ4n) is 1.45. The van der Waals surface area contributed by atoms with Crippen LogP contribution in [-0.2, 0) is 10.2 Å². The van der Waals surface area contributed by atoms with Crippen LogP contribution in [0.4, 0.5) is 0 Å². The highest BCUT2D eigenvalue weighted by atomic mass is 35.5. The molecule has 1 aromatic carbocycles. The van der Waals surface area contributed by atoms with Gasteiger partial charge in [0.1, 0.15) is 12.4 Å².